The number of thioether (sulfide) groups is 2. The monoisotopic (exact) mass is 702 g/mol. The zero-order valence-electron chi connectivity index (χ0n) is 26.3. The van der Waals surface area contributed by atoms with Crippen molar-refractivity contribution in [3.63, 3.8) is 0 Å². The van der Waals surface area contributed by atoms with Crippen LogP contribution in [0.3, 0.4) is 0 Å². The predicted molar refractivity (Wildman–Crippen MR) is 189 cm³/mol. The van der Waals surface area contributed by atoms with E-state index in [0.717, 1.165) is 74.4 Å². The minimum absolute atomic E-state index is 0.0490. The summed E-state index contributed by atoms with van der Waals surface area (Å²) in [7, 11) is -3.93. The summed E-state index contributed by atoms with van der Waals surface area (Å²) in [6.45, 7) is 3.56. The molecular weight excluding hydrogens is 660 g/mol. The van der Waals surface area contributed by atoms with E-state index in [2.05, 4.69) is 9.62 Å². The summed E-state index contributed by atoms with van der Waals surface area (Å²) >= 11 is 10.1. The van der Waals surface area contributed by atoms with E-state index in [1.807, 2.05) is 53.9 Å². The maximum absolute atomic E-state index is 13.5. The van der Waals surface area contributed by atoms with Crippen molar-refractivity contribution in [2.75, 3.05) is 29.5 Å². The Morgan fingerprint density at radius 1 is 1.07 bits per heavy atom. The zero-order chi connectivity index (χ0) is 32.1. The number of fused-ring (bicyclic) bond motifs is 4. The number of allylic oxidation sites excluding steroid dienone is 1. The SMILES string of the molecule is C[C@@]12C[C@H]1C/C=C/[C@](O)(C1SCCCS1)[C@@H]1CC[C@H]1CN1CCCCc3cc(Cl)ccc3COc3ccc(cc31)C(=O)NS2(=O)=O. The molecule has 7 nitrogen and oxygen atoms in total. The summed E-state index contributed by atoms with van der Waals surface area (Å²) in [4.78, 5) is 15.8. The lowest BCUT2D eigenvalue weighted by molar-refractivity contribution is -0.0331. The number of rotatable bonds is 1. The maximum Gasteiger partial charge on any atom is 0.264 e. The number of hydrogen-bond donors (Lipinski definition) is 2. The third-order valence-electron chi connectivity index (χ3n) is 10.9. The Morgan fingerprint density at radius 3 is 2.67 bits per heavy atom. The number of anilines is 1. The summed E-state index contributed by atoms with van der Waals surface area (Å²) in [5.41, 5.74) is 2.36. The molecule has 0 unspecified atom stereocenters. The van der Waals surface area contributed by atoms with Crippen LogP contribution in [-0.4, -0.2) is 59.0 Å². The minimum Gasteiger partial charge on any atom is -0.487 e. The highest BCUT2D eigenvalue weighted by atomic mass is 35.5. The first-order chi connectivity index (χ1) is 22.1. The fourth-order valence-electron chi connectivity index (χ4n) is 7.70. The van der Waals surface area contributed by atoms with Gasteiger partial charge in [0.15, 0.2) is 0 Å². The standard InChI is InChI=1S/C35H43ClN2O5S3/c1-34-20-27(34)7-4-14-35(40,33-44-16-5-17-45-33)29-12-9-25(29)21-38-15-3-2-6-23-18-28(36)11-8-26(23)22-43-31-13-10-24(19-30(31)38)32(39)37-46(34,41)42/h4,8,10-11,13-14,18-19,25,27,29,33,40H,2-3,5-7,9,12,15-17,20-22H2,1H3,(H,37,39)/b14-4+/t25-,27+,29+,34+,35+/m0/s1. The Labute approximate surface area is 286 Å². The molecule has 1 saturated heterocycles. The first-order valence-electron chi connectivity index (χ1n) is 16.6. The van der Waals surface area contributed by atoms with Gasteiger partial charge in [-0.1, -0.05) is 29.8 Å². The number of carbonyl (C=O) groups is 1. The van der Waals surface area contributed by atoms with Gasteiger partial charge >= 0.3 is 0 Å². The molecule has 2 N–H and O–H groups in total. The third kappa shape index (κ3) is 6.22. The van der Waals surface area contributed by atoms with Crippen LogP contribution in [0, 0.1) is 17.8 Å². The Morgan fingerprint density at radius 2 is 1.89 bits per heavy atom. The highest BCUT2D eigenvalue weighted by Crippen LogP contribution is 2.54. The van der Waals surface area contributed by atoms with E-state index >= 15 is 0 Å². The number of sulfonamides is 1. The molecule has 248 valence electrons. The van der Waals surface area contributed by atoms with E-state index in [1.165, 1.54) is 5.56 Å². The first kappa shape index (κ1) is 32.7. The highest BCUT2D eigenvalue weighted by molar-refractivity contribution is 8.17. The van der Waals surface area contributed by atoms with Crippen LogP contribution in [0.1, 0.15) is 73.4 Å². The van der Waals surface area contributed by atoms with Gasteiger partial charge in [-0.2, -0.15) is 0 Å². The maximum atomic E-state index is 13.5. The second-order valence-corrected chi connectivity index (χ2v) is 19.1. The number of hydrogen-bond acceptors (Lipinski definition) is 8. The van der Waals surface area contributed by atoms with E-state index in [-0.39, 0.29) is 22.3 Å². The van der Waals surface area contributed by atoms with E-state index in [4.69, 9.17) is 16.3 Å². The van der Waals surface area contributed by atoms with Gasteiger partial charge in [0, 0.05) is 23.7 Å². The largest absolute Gasteiger partial charge is 0.487 e. The summed E-state index contributed by atoms with van der Waals surface area (Å²) in [5, 5.41) is 13.3. The van der Waals surface area contributed by atoms with Crippen LogP contribution in [0.25, 0.3) is 0 Å². The molecule has 7 rings (SSSR count). The second kappa shape index (κ2) is 12.9. The van der Waals surface area contributed by atoms with Crippen LogP contribution < -0.4 is 14.4 Å². The molecule has 2 bridgehead atoms. The molecule has 46 heavy (non-hydrogen) atoms. The Hall–Kier alpha value is -1.85. The van der Waals surface area contributed by atoms with Gasteiger partial charge in [-0.25, -0.2) is 13.1 Å². The number of amides is 1. The van der Waals surface area contributed by atoms with Crippen molar-refractivity contribution >= 4 is 56.7 Å². The van der Waals surface area contributed by atoms with Crippen molar-refractivity contribution in [3.05, 3.63) is 70.3 Å². The summed E-state index contributed by atoms with van der Waals surface area (Å²) in [6, 6.07) is 11.2. The number of halogens is 1. The number of aliphatic hydroxyl groups is 1. The lowest BCUT2D eigenvalue weighted by Gasteiger charge is -2.51. The molecule has 3 heterocycles. The normalized spacial score (nSPS) is 33.8. The second-order valence-electron chi connectivity index (χ2n) is 13.8. The van der Waals surface area contributed by atoms with Gasteiger partial charge in [0.2, 0.25) is 10.0 Å². The van der Waals surface area contributed by atoms with Crippen LogP contribution >= 0.6 is 35.1 Å². The molecule has 2 saturated carbocycles. The Balaban J connectivity index is 1.28. The lowest BCUT2D eigenvalue weighted by Crippen LogP contribution is -2.54. The number of aryl methyl sites for hydroxylation is 1. The average Bonchev–Trinajstić information content (AvgIpc) is 3.71. The van der Waals surface area contributed by atoms with Crippen LogP contribution in [0.5, 0.6) is 5.75 Å². The zero-order valence-corrected chi connectivity index (χ0v) is 29.5. The van der Waals surface area contributed by atoms with Crippen LogP contribution in [0.15, 0.2) is 48.6 Å². The molecule has 3 aliphatic heterocycles. The number of carbonyl (C=O) groups excluding carboxylic acids is 1. The van der Waals surface area contributed by atoms with E-state index < -0.39 is 26.3 Å². The molecule has 2 aromatic rings. The molecule has 2 aliphatic carbocycles. The van der Waals surface area contributed by atoms with Crippen LogP contribution in [0.2, 0.25) is 5.02 Å². The van der Waals surface area contributed by atoms with Gasteiger partial charge in [-0.3, -0.25) is 4.79 Å². The molecule has 5 atom stereocenters. The van der Waals surface area contributed by atoms with E-state index in [0.29, 0.717) is 35.8 Å². The van der Waals surface area contributed by atoms with Gasteiger partial charge in [-0.15, -0.1) is 23.5 Å². The Kier molecular flexibility index (Phi) is 9.15. The van der Waals surface area contributed by atoms with Crippen LogP contribution in [0.4, 0.5) is 5.69 Å². The molecule has 3 fully saturated rings. The summed E-state index contributed by atoms with van der Waals surface area (Å²) in [6.07, 6.45) is 11.0. The topological polar surface area (TPSA) is 95.9 Å². The molecule has 1 amide bonds. The molecule has 0 spiro atoms. The van der Waals surface area contributed by atoms with Gasteiger partial charge in [0.25, 0.3) is 5.91 Å². The van der Waals surface area contributed by atoms with Crippen LogP contribution in [-0.2, 0) is 23.1 Å². The molecule has 2 aromatic carbocycles. The van der Waals surface area contributed by atoms with Gasteiger partial charge < -0.3 is 14.7 Å². The van der Waals surface area contributed by atoms with E-state index in [9.17, 15) is 18.3 Å². The summed E-state index contributed by atoms with van der Waals surface area (Å²) < 4.78 is 35.0. The lowest BCUT2D eigenvalue weighted by atomic mass is 9.64. The van der Waals surface area contributed by atoms with Crippen molar-refractivity contribution in [3.8, 4) is 5.75 Å². The third-order valence-corrected chi connectivity index (χ3v) is 16.6. The number of nitrogens with zero attached hydrogens (tertiary/aromatic N) is 1. The van der Waals surface area contributed by atoms with Crippen molar-refractivity contribution in [2.45, 2.75) is 79.8 Å². The molecule has 0 aromatic heterocycles. The van der Waals surface area contributed by atoms with Crippen molar-refractivity contribution in [1.29, 1.82) is 0 Å². The van der Waals surface area contributed by atoms with Gasteiger partial charge in [0.1, 0.15) is 18.0 Å². The average molecular weight is 703 g/mol. The smallest absolute Gasteiger partial charge is 0.264 e. The van der Waals surface area contributed by atoms with Crippen molar-refractivity contribution < 1.29 is 23.1 Å². The fraction of sp³-hybridized carbons (Fsp3) is 0.571. The highest BCUT2D eigenvalue weighted by Gasteiger charge is 2.60. The molecule has 5 aliphatic rings. The number of nitrogens with one attached hydrogen (secondary N) is 1. The number of benzene rings is 2. The summed E-state index contributed by atoms with van der Waals surface area (Å²) in [5.74, 6) is 2.37. The Bertz CT molecular complexity index is 1630. The van der Waals surface area contributed by atoms with Crippen molar-refractivity contribution in [2.24, 2.45) is 17.8 Å². The van der Waals surface area contributed by atoms with Gasteiger partial charge in [0.05, 0.1) is 15.0 Å². The first-order valence-corrected chi connectivity index (χ1v) is 20.5. The fourth-order valence-corrected chi connectivity index (χ4v) is 12.7. The van der Waals surface area contributed by atoms with Gasteiger partial charge in [-0.05, 0) is 129 Å². The molecular formula is C35H43ClN2O5S3. The van der Waals surface area contributed by atoms with E-state index in [1.54, 1.807) is 25.1 Å². The quantitative estimate of drug-likeness (QED) is 0.313. The van der Waals surface area contributed by atoms with Crippen molar-refractivity contribution in [1.82, 2.24) is 4.72 Å². The predicted octanol–water partition coefficient (Wildman–Crippen LogP) is 6.81. The molecule has 11 heteroatoms. The molecule has 0 radical (unpaired) electrons. The minimum atomic E-state index is -3.93. The number of ether oxygens (including phenoxy) is 1.